The zero-order valence-corrected chi connectivity index (χ0v) is 12.2. The fraction of sp³-hybridized carbons (Fsp3) is 0.571. The van der Waals surface area contributed by atoms with Crippen molar-refractivity contribution in [3.8, 4) is 0 Å². The Morgan fingerprint density at radius 3 is 3.06 bits per heavy atom. The minimum atomic E-state index is -0.159. The van der Waals surface area contributed by atoms with E-state index in [1.807, 2.05) is 19.1 Å². The SMILES string of the molecule is CC(NCCC1CCOC1)c1ccc(Br)cc1F. The van der Waals surface area contributed by atoms with E-state index in [0.29, 0.717) is 5.92 Å². The molecular formula is C14H19BrFNO. The maximum absolute atomic E-state index is 13.7. The number of rotatable bonds is 5. The van der Waals surface area contributed by atoms with Crippen LogP contribution in [-0.4, -0.2) is 19.8 Å². The van der Waals surface area contributed by atoms with E-state index in [9.17, 15) is 4.39 Å². The maximum atomic E-state index is 13.7. The molecule has 1 aromatic rings. The lowest BCUT2D eigenvalue weighted by Crippen LogP contribution is -2.22. The normalized spacial score (nSPS) is 21.2. The molecule has 0 aliphatic carbocycles. The molecule has 2 unspecified atom stereocenters. The third kappa shape index (κ3) is 3.77. The summed E-state index contributed by atoms with van der Waals surface area (Å²) in [5.41, 5.74) is 0.723. The van der Waals surface area contributed by atoms with E-state index < -0.39 is 0 Å². The second kappa shape index (κ2) is 6.64. The predicted molar refractivity (Wildman–Crippen MR) is 74.1 cm³/mol. The summed E-state index contributed by atoms with van der Waals surface area (Å²) >= 11 is 3.27. The molecule has 1 N–H and O–H groups in total. The predicted octanol–water partition coefficient (Wildman–Crippen LogP) is 3.67. The molecule has 0 aromatic heterocycles. The van der Waals surface area contributed by atoms with Crippen LogP contribution in [0.1, 0.15) is 31.4 Å². The Hall–Kier alpha value is -0.450. The summed E-state index contributed by atoms with van der Waals surface area (Å²) in [5.74, 6) is 0.507. The van der Waals surface area contributed by atoms with E-state index >= 15 is 0 Å². The summed E-state index contributed by atoms with van der Waals surface area (Å²) in [4.78, 5) is 0. The molecule has 18 heavy (non-hydrogen) atoms. The lowest BCUT2D eigenvalue weighted by molar-refractivity contribution is 0.184. The standard InChI is InChI=1S/C14H19BrFNO/c1-10(13-3-2-12(15)8-14(13)16)17-6-4-11-5-7-18-9-11/h2-3,8,10-11,17H,4-7,9H2,1H3. The van der Waals surface area contributed by atoms with Crippen LogP contribution in [0.3, 0.4) is 0 Å². The van der Waals surface area contributed by atoms with Crippen LogP contribution in [0.4, 0.5) is 4.39 Å². The van der Waals surface area contributed by atoms with E-state index in [2.05, 4.69) is 21.2 Å². The fourth-order valence-corrected chi connectivity index (χ4v) is 2.61. The van der Waals surface area contributed by atoms with Gasteiger partial charge in [-0.25, -0.2) is 4.39 Å². The molecule has 0 amide bonds. The van der Waals surface area contributed by atoms with Gasteiger partial charge in [0.25, 0.3) is 0 Å². The smallest absolute Gasteiger partial charge is 0.129 e. The van der Waals surface area contributed by atoms with E-state index in [4.69, 9.17) is 4.74 Å². The highest BCUT2D eigenvalue weighted by molar-refractivity contribution is 9.10. The van der Waals surface area contributed by atoms with E-state index in [1.54, 1.807) is 0 Å². The number of hydrogen-bond acceptors (Lipinski definition) is 2. The molecule has 1 aliphatic heterocycles. The Morgan fingerprint density at radius 1 is 1.56 bits per heavy atom. The van der Waals surface area contributed by atoms with Crippen molar-refractivity contribution in [1.29, 1.82) is 0 Å². The van der Waals surface area contributed by atoms with Crippen molar-refractivity contribution in [2.45, 2.75) is 25.8 Å². The minimum absolute atomic E-state index is 0.0421. The van der Waals surface area contributed by atoms with Gasteiger partial charge >= 0.3 is 0 Å². The quantitative estimate of drug-likeness (QED) is 0.895. The summed E-state index contributed by atoms with van der Waals surface area (Å²) in [6.07, 6.45) is 2.26. The molecule has 1 saturated heterocycles. The molecule has 2 rings (SSSR count). The van der Waals surface area contributed by atoms with Gasteiger partial charge < -0.3 is 10.1 Å². The second-order valence-electron chi connectivity index (χ2n) is 4.86. The Kier molecular flexibility index (Phi) is 5.15. The minimum Gasteiger partial charge on any atom is -0.381 e. The van der Waals surface area contributed by atoms with Gasteiger partial charge in [-0.05, 0) is 44.4 Å². The number of benzene rings is 1. The number of hydrogen-bond donors (Lipinski definition) is 1. The van der Waals surface area contributed by atoms with Crippen LogP contribution in [0.25, 0.3) is 0 Å². The Balaban J connectivity index is 1.81. The Bertz CT molecular complexity index is 393. The van der Waals surface area contributed by atoms with Crippen molar-refractivity contribution in [2.75, 3.05) is 19.8 Å². The van der Waals surface area contributed by atoms with Gasteiger partial charge in [-0.2, -0.15) is 0 Å². The van der Waals surface area contributed by atoms with E-state index in [1.165, 1.54) is 6.07 Å². The summed E-state index contributed by atoms with van der Waals surface area (Å²) in [6.45, 7) is 4.67. The molecule has 0 bridgehead atoms. The summed E-state index contributed by atoms with van der Waals surface area (Å²) < 4.78 is 19.9. The average Bonchev–Trinajstić information content (AvgIpc) is 2.81. The van der Waals surface area contributed by atoms with Gasteiger partial charge in [0, 0.05) is 29.3 Å². The molecule has 0 saturated carbocycles. The van der Waals surface area contributed by atoms with Gasteiger partial charge in [0.15, 0.2) is 0 Å². The highest BCUT2D eigenvalue weighted by atomic mass is 79.9. The van der Waals surface area contributed by atoms with Gasteiger partial charge in [-0.15, -0.1) is 0 Å². The van der Waals surface area contributed by atoms with Crippen molar-refractivity contribution >= 4 is 15.9 Å². The molecule has 1 aromatic carbocycles. The molecule has 0 radical (unpaired) electrons. The topological polar surface area (TPSA) is 21.3 Å². The average molecular weight is 316 g/mol. The van der Waals surface area contributed by atoms with Gasteiger partial charge in [0.2, 0.25) is 0 Å². The summed E-state index contributed by atoms with van der Waals surface area (Å²) in [7, 11) is 0. The molecule has 2 atom stereocenters. The highest BCUT2D eigenvalue weighted by Crippen LogP contribution is 2.21. The molecule has 1 fully saturated rings. The van der Waals surface area contributed by atoms with Crippen molar-refractivity contribution in [3.05, 3.63) is 34.1 Å². The van der Waals surface area contributed by atoms with Crippen LogP contribution in [0.15, 0.2) is 22.7 Å². The van der Waals surface area contributed by atoms with Gasteiger partial charge in [-0.3, -0.25) is 0 Å². The van der Waals surface area contributed by atoms with Crippen LogP contribution in [0.5, 0.6) is 0 Å². The van der Waals surface area contributed by atoms with Crippen LogP contribution in [0.2, 0.25) is 0 Å². The summed E-state index contributed by atoms with van der Waals surface area (Å²) in [5, 5.41) is 3.38. The number of ether oxygens (including phenoxy) is 1. The lowest BCUT2D eigenvalue weighted by atomic mass is 10.0. The van der Waals surface area contributed by atoms with Gasteiger partial charge in [0.05, 0.1) is 0 Å². The molecule has 1 heterocycles. The zero-order chi connectivity index (χ0) is 13.0. The van der Waals surface area contributed by atoms with Crippen LogP contribution in [-0.2, 0) is 4.74 Å². The first-order valence-electron chi connectivity index (χ1n) is 6.43. The lowest BCUT2D eigenvalue weighted by Gasteiger charge is -2.16. The van der Waals surface area contributed by atoms with Crippen LogP contribution >= 0.6 is 15.9 Å². The maximum Gasteiger partial charge on any atom is 0.129 e. The molecule has 4 heteroatoms. The molecule has 100 valence electrons. The molecule has 0 spiro atoms. The third-order valence-corrected chi connectivity index (χ3v) is 3.95. The van der Waals surface area contributed by atoms with Crippen molar-refractivity contribution in [2.24, 2.45) is 5.92 Å². The van der Waals surface area contributed by atoms with E-state index in [-0.39, 0.29) is 11.9 Å². The highest BCUT2D eigenvalue weighted by Gasteiger charge is 2.16. The fourth-order valence-electron chi connectivity index (χ4n) is 2.28. The molecular weight excluding hydrogens is 297 g/mol. The zero-order valence-electron chi connectivity index (χ0n) is 10.6. The van der Waals surface area contributed by atoms with Crippen molar-refractivity contribution < 1.29 is 9.13 Å². The summed E-state index contributed by atoms with van der Waals surface area (Å²) in [6, 6.07) is 5.26. The Morgan fingerprint density at radius 2 is 2.39 bits per heavy atom. The van der Waals surface area contributed by atoms with Gasteiger partial charge in [-0.1, -0.05) is 22.0 Å². The van der Waals surface area contributed by atoms with Gasteiger partial charge in [0.1, 0.15) is 5.82 Å². The number of nitrogens with one attached hydrogen (secondary N) is 1. The second-order valence-corrected chi connectivity index (χ2v) is 5.78. The monoisotopic (exact) mass is 315 g/mol. The molecule has 1 aliphatic rings. The largest absolute Gasteiger partial charge is 0.381 e. The first kappa shape index (κ1) is 14.0. The first-order chi connectivity index (χ1) is 8.66. The Labute approximate surface area is 116 Å². The van der Waals surface area contributed by atoms with Crippen LogP contribution in [0, 0.1) is 11.7 Å². The third-order valence-electron chi connectivity index (χ3n) is 3.46. The van der Waals surface area contributed by atoms with Crippen molar-refractivity contribution in [1.82, 2.24) is 5.32 Å². The van der Waals surface area contributed by atoms with E-state index in [0.717, 1.165) is 42.6 Å². The number of halogens is 2. The van der Waals surface area contributed by atoms with Crippen molar-refractivity contribution in [3.63, 3.8) is 0 Å². The van der Waals surface area contributed by atoms with Crippen LogP contribution < -0.4 is 5.32 Å². The molecule has 2 nitrogen and oxygen atoms in total. The first-order valence-corrected chi connectivity index (χ1v) is 7.22.